The number of ether oxygens (including phenoxy) is 2. The number of aliphatic hydroxyl groups is 3. The van der Waals surface area contributed by atoms with Crippen LogP contribution in [0.1, 0.15) is 22.8 Å². The van der Waals surface area contributed by atoms with Crippen LogP contribution in [0.4, 0.5) is 0 Å². The largest absolute Gasteiger partial charge is 0.429 e. The van der Waals surface area contributed by atoms with Crippen LogP contribution in [0.5, 0.6) is 0 Å². The van der Waals surface area contributed by atoms with Crippen LogP contribution in [0.15, 0.2) is 24.3 Å². The number of carbonyl (C=O) groups is 1. The van der Waals surface area contributed by atoms with Crippen LogP contribution in [0.2, 0.25) is 0 Å². The van der Waals surface area contributed by atoms with Crippen molar-refractivity contribution < 1.29 is 29.6 Å². The van der Waals surface area contributed by atoms with E-state index in [1.807, 2.05) is 6.92 Å². The molecule has 0 radical (unpaired) electrons. The molecule has 4 atom stereocenters. The molecule has 0 spiro atoms. The molecule has 1 aromatic rings. The van der Waals surface area contributed by atoms with Gasteiger partial charge in [-0.3, -0.25) is 0 Å². The summed E-state index contributed by atoms with van der Waals surface area (Å²) in [5.41, 5.74) is -0.452. The Morgan fingerprint density at radius 3 is 2.50 bits per heavy atom. The number of aryl methyl sites for hydroxylation is 1. The molecule has 1 heterocycles. The fraction of sp³-hybridized carbons (Fsp3) is 0.500. The zero-order chi connectivity index (χ0) is 14.9. The number of hydrogen-bond donors (Lipinski definition) is 3. The maximum absolute atomic E-state index is 11.9. The quantitative estimate of drug-likeness (QED) is 0.674. The predicted octanol–water partition coefficient (Wildman–Crippen LogP) is -0.0191. The van der Waals surface area contributed by atoms with Crippen molar-refractivity contribution in [2.24, 2.45) is 0 Å². The van der Waals surface area contributed by atoms with Crippen LogP contribution >= 0.6 is 0 Å². The molecule has 6 heteroatoms. The molecule has 0 amide bonds. The normalized spacial score (nSPS) is 33.1. The first kappa shape index (κ1) is 14.9. The minimum atomic E-state index is -1.77. The second kappa shape index (κ2) is 5.49. The molecular weight excluding hydrogens is 264 g/mol. The Bertz CT molecular complexity index is 481. The highest BCUT2D eigenvalue weighted by Gasteiger charge is 2.54. The molecule has 1 fully saturated rings. The van der Waals surface area contributed by atoms with Gasteiger partial charge in [0, 0.05) is 0 Å². The van der Waals surface area contributed by atoms with Gasteiger partial charge in [-0.2, -0.15) is 0 Å². The first-order valence-electron chi connectivity index (χ1n) is 6.30. The third-order valence-corrected chi connectivity index (χ3v) is 3.41. The van der Waals surface area contributed by atoms with Crippen molar-refractivity contribution in [1.82, 2.24) is 0 Å². The van der Waals surface area contributed by atoms with E-state index in [1.165, 1.54) is 6.92 Å². The summed E-state index contributed by atoms with van der Waals surface area (Å²) < 4.78 is 10.2. The van der Waals surface area contributed by atoms with Gasteiger partial charge in [0.25, 0.3) is 0 Å². The van der Waals surface area contributed by atoms with Crippen molar-refractivity contribution in [1.29, 1.82) is 0 Å². The summed E-state index contributed by atoms with van der Waals surface area (Å²) in [5, 5.41) is 28.9. The van der Waals surface area contributed by atoms with Gasteiger partial charge in [-0.05, 0) is 26.0 Å². The van der Waals surface area contributed by atoms with Gasteiger partial charge < -0.3 is 24.8 Å². The molecule has 1 saturated heterocycles. The Labute approximate surface area is 116 Å². The molecule has 1 aromatic carbocycles. The number of hydrogen-bond acceptors (Lipinski definition) is 6. The first-order chi connectivity index (χ1) is 9.36. The van der Waals surface area contributed by atoms with Crippen molar-refractivity contribution in [2.45, 2.75) is 37.9 Å². The number of esters is 1. The third-order valence-electron chi connectivity index (χ3n) is 3.41. The molecule has 1 aliphatic rings. The summed E-state index contributed by atoms with van der Waals surface area (Å²) in [5.74, 6) is -0.666. The van der Waals surface area contributed by atoms with E-state index >= 15 is 0 Å². The average Bonchev–Trinajstić information content (AvgIpc) is 2.63. The molecular formula is C14H18O6. The van der Waals surface area contributed by atoms with Gasteiger partial charge in [0.1, 0.15) is 12.2 Å². The van der Waals surface area contributed by atoms with Crippen LogP contribution in [0, 0.1) is 6.92 Å². The van der Waals surface area contributed by atoms with E-state index in [2.05, 4.69) is 0 Å². The van der Waals surface area contributed by atoms with Crippen LogP contribution in [-0.4, -0.2) is 52.0 Å². The lowest BCUT2D eigenvalue weighted by Crippen LogP contribution is -2.47. The van der Waals surface area contributed by atoms with Crippen molar-refractivity contribution in [3.63, 3.8) is 0 Å². The standard InChI is InChI=1S/C14H18O6/c1-8-3-5-9(6-4-8)12(17)20-13-14(2,18)11(16)10(7-15)19-13/h3-6,10-11,13,15-16,18H,7H2,1-2H3/t10-,11-,13-,14-/m1/s1. The fourth-order valence-corrected chi connectivity index (χ4v) is 2.03. The van der Waals surface area contributed by atoms with Crippen LogP contribution < -0.4 is 0 Å². The van der Waals surface area contributed by atoms with Gasteiger partial charge >= 0.3 is 5.97 Å². The van der Waals surface area contributed by atoms with Crippen LogP contribution in [0.25, 0.3) is 0 Å². The summed E-state index contributed by atoms with van der Waals surface area (Å²) in [6.45, 7) is 2.71. The number of rotatable bonds is 3. The molecule has 0 bridgehead atoms. The zero-order valence-corrected chi connectivity index (χ0v) is 11.3. The molecule has 0 unspecified atom stereocenters. The molecule has 1 aliphatic heterocycles. The fourth-order valence-electron chi connectivity index (χ4n) is 2.03. The molecule has 20 heavy (non-hydrogen) atoms. The highest BCUT2D eigenvalue weighted by molar-refractivity contribution is 5.89. The van der Waals surface area contributed by atoms with Gasteiger partial charge in [-0.15, -0.1) is 0 Å². The van der Waals surface area contributed by atoms with Crippen LogP contribution in [0.3, 0.4) is 0 Å². The molecule has 0 saturated carbocycles. The summed E-state index contributed by atoms with van der Waals surface area (Å²) in [6.07, 6.45) is -3.65. The van der Waals surface area contributed by atoms with Gasteiger partial charge in [0.2, 0.25) is 6.29 Å². The van der Waals surface area contributed by atoms with E-state index in [9.17, 15) is 15.0 Å². The van der Waals surface area contributed by atoms with Crippen molar-refractivity contribution in [3.8, 4) is 0 Å². The summed E-state index contributed by atoms with van der Waals surface area (Å²) in [4.78, 5) is 11.9. The lowest BCUT2D eigenvalue weighted by atomic mass is 9.98. The molecule has 0 aromatic heterocycles. The smallest absolute Gasteiger partial charge is 0.340 e. The van der Waals surface area contributed by atoms with Gasteiger partial charge in [-0.1, -0.05) is 17.7 Å². The maximum atomic E-state index is 11.9. The Hall–Kier alpha value is -1.47. The molecule has 2 rings (SSSR count). The average molecular weight is 282 g/mol. The lowest BCUT2D eigenvalue weighted by Gasteiger charge is -2.25. The highest BCUT2D eigenvalue weighted by atomic mass is 16.7. The van der Waals surface area contributed by atoms with Crippen LogP contribution in [-0.2, 0) is 9.47 Å². The Morgan fingerprint density at radius 2 is 2.00 bits per heavy atom. The van der Waals surface area contributed by atoms with Crippen molar-refractivity contribution >= 4 is 5.97 Å². The van der Waals surface area contributed by atoms with Gasteiger partial charge in [0.15, 0.2) is 5.60 Å². The molecule has 6 nitrogen and oxygen atoms in total. The van der Waals surface area contributed by atoms with E-state index < -0.39 is 36.7 Å². The summed E-state index contributed by atoms with van der Waals surface area (Å²) in [7, 11) is 0. The topological polar surface area (TPSA) is 96.2 Å². The predicted molar refractivity (Wildman–Crippen MR) is 69.0 cm³/mol. The second-order valence-corrected chi connectivity index (χ2v) is 5.13. The first-order valence-corrected chi connectivity index (χ1v) is 6.30. The monoisotopic (exact) mass is 282 g/mol. The van der Waals surface area contributed by atoms with E-state index in [0.717, 1.165) is 5.56 Å². The SMILES string of the molecule is Cc1ccc(C(=O)O[C@H]2O[C@H](CO)[C@@H](O)[C@@]2(C)O)cc1. The molecule has 3 N–H and O–H groups in total. The summed E-state index contributed by atoms with van der Waals surface area (Å²) >= 11 is 0. The number of benzene rings is 1. The van der Waals surface area contributed by atoms with E-state index in [0.29, 0.717) is 5.56 Å². The van der Waals surface area contributed by atoms with Gasteiger partial charge in [-0.25, -0.2) is 4.79 Å². The molecule has 110 valence electrons. The minimum absolute atomic E-state index is 0.317. The van der Waals surface area contributed by atoms with Crippen molar-refractivity contribution in [3.05, 3.63) is 35.4 Å². The van der Waals surface area contributed by atoms with Gasteiger partial charge in [0.05, 0.1) is 12.2 Å². The molecule has 0 aliphatic carbocycles. The Morgan fingerprint density at radius 1 is 1.40 bits per heavy atom. The number of carbonyl (C=O) groups excluding carboxylic acids is 1. The number of aliphatic hydroxyl groups excluding tert-OH is 2. The maximum Gasteiger partial charge on any atom is 0.340 e. The van der Waals surface area contributed by atoms with E-state index in [-0.39, 0.29) is 0 Å². The zero-order valence-electron chi connectivity index (χ0n) is 11.3. The minimum Gasteiger partial charge on any atom is -0.429 e. The second-order valence-electron chi connectivity index (χ2n) is 5.13. The summed E-state index contributed by atoms with van der Waals surface area (Å²) in [6, 6.07) is 6.72. The van der Waals surface area contributed by atoms with E-state index in [4.69, 9.17) is 14.6 Å². The Kier molecular flexibility index (Phi) is 4.10. The third kappa shape index (κ3) is 2.69. The lowest BCUT2D eigenvalue weighted by molar-refractivity contribution is -0.172. The van der Waals surface area contributed by atoms with E-state index in [1.54, 1.807) is 24.3 Å². The Balaban J connectivity index is 2.10. The van der Waals surface area contributed by atoms with Crippen molar-refractivity contribution in [2.75, 3.05) is 6.61 Å². The highest BCUT2D eigenvalue weighted by Crippen LogP contribution is 2.32.